The Balaban J connectivity index is 1.00. The molecule has 8 rings (SSSR count). The highest BCUT2D eigenvalue weighted by atomic mass is 16.6. The third-order valence-electron chi connectivity index (χ3n) is 16.8. The summed E-state index contributed by atoms with van der Waals surface area (Å²) in [6, 6.07) is 25.1. The Morgan fingerprint density at radius 3 is 2.10 bits per heavy atom. The van der Waals surface area contributed by atoms with Crippen LogP contribution in [0.5, 0.6) is 0 Å². The molecule has 3 aromatic carbocycles. The first-order valence-corrected chi connectivity index (χ1v) is 25.7. The first kappa shape index (κ1) is 50.7. The second-order valence-corrected chi connectivity index (χ2v) is 22.0. The molecule has 0 bridgehead atoms. The van der Waals surface area contributed by atoms with Crippen LogP contribution >= 0.6 is 0 Å². The summed E-state index contributed by atoms with van der Waals surface area (Å²) in [5.74, 6) is -0.977. The van der Waals surface area contributed by atoms with Crippen molar-refractivity contribution in [3.63, 3.8) is 0 Å². The maximum Gasteiger partial charge on any atom is 0.407 e. The summed E-state index contributed by atoms with van der Waals surface area (Å²) in [7, 11) is 0. The highest BCUT2D eigenvalue weighted by Crippen LogP contribution is 2.69. The molecule has 4 fully saturated rings. The van der Waals surface area contributed by atoms with E-state index in [0.717, 1.165) is 66.3 Å². The summed E-state index contributed by atoms with van der Waals surface area (Å²) in [6.45, 7) is 11.0. The van der Waals surface area contributed by atoms with Gasteiger partial charge < -0.3 is 34.9 Å². The van der Waals surface area contributed by atoms with E-state index in [9.17, 15) is 28.8 Å². The summed E-state index contributed by atoms with van der Waals surface area (Å²) in [5, 5.41) is 9.23. The van der Waals surface area contributed by atoms with Crippen LogP contribution in [0.3, 0.4) is 0 Å². The summed E-state index contributed by atoms with van der Waals surface area (Å²) in [5.41, 5.74) is 3.69. The van der Waals surface area contributed by atoms with Crippen molar-refractivity contribution in [2.24, 2.45) is 46.3 Å². The van der Waals surface area contributed by atoms with E-state index in [1.54, 1.807) is 20.8 Å². The van der Waals surface area contributed by atoms with Crippen LogP contribution in [0.25, 0.3) is 11.1 Å². The molecule has 5 aliphatic carbocycles. The average molecular weight is 960 g/mol. The lowest BCUT2D eigenvalue weighted by Gasteiger charge is -2.61. The fraction of sp³-hybridized carbons (Fsp3) is 0.579. The van der Waals surface area contributed by atoms with Crippen molar-refractivity contribution in [2.45, 2.75) is 136 Å². The van der Waals surface area contributed by atoms with Gasteiger partial charge in [-0.2, -0.15) is 0 Å². The predicted molar refractivity (Wildman–Crippen MR) is 264 cm³/mol. The molecule has 0 radical (unpaired) electrons. The number of fused-ring (bicyclic) bond motifs is 8. The second-order valence-electron chi connectivity index (χ2n) is 22.0. The Kier molecular flexibility index (Phi) is 15.4. The quantitative estimate of drug-likeness (QED) is 0.0929. The zero-order valence-corrected chi connectivity index (χ0v) is 41.9. The molecule has 13 heteroatoms. The summed E-state index contributed by atoms with van der Waals surface area (Å²) in [6.07, 6.45) is 6.92. The number of benzene rings is 3. The van der Waals surface area contributed by atoms with Crippen molar-refractivity contribution < 1.29 is 47.7 Å². The van der Waals surface area contributed by atoms with Crippen molar-refractivity contribution in [1.82, 2.24) is 16.0 Å². The molecular weight excluding hydrogens is 887 g/mol. The van der Waals surface area contributed by atoms with Crippen LogP contribution in [0.2, 0.25) is 0 Å². The van der Waals surface area contributed by atoms with Gasteiger partial charge in [0.25, 0.3) is 0 Å². The number of esters is 3. The summed E-state index contributed by atoms with van der Waals surface area (Å²) in [4.78, 5) is 80.2. The molecule has 13 nitrogen and oxygen atoms in total. The van der Waals surface area contributed by atoms with Gasteiger partial charge in [0.1, 0.15) is 30.9 Å². The molecule has 0 spiro atoms. The molecule has 3 aromatic rings. The Morgan fingerprint density at radius 2 is 1.43 bits per heavy atom. The fourth-order valence-corrected chi connectivity index (χ4v) is 14.3. The SMILES string of the molecule is CC(=O)OC[C@H](C)[C@H]1CC[C@H]2[C@@H]3CC[C@H]4C[C@@H](OC(C)=O)CC[C@]4(C(=O)NCC(=O)OC(C)(C)C)[C@H]3CC[C@]12CCNC(=O)[C@H](Cc1ccccc1)NC(=O)OCC1c2ccccc2-c2ccccc21. The number of alkyl carbamates (subject to hydrolysis) is 1. The minimum absolute atomic E-state index is 0.0251. The van der Waals surface area contributed by atoms with Crippen molar-refractivity contribution in [3.05, 3.63) is 95.6 Å². The predicted octanol–water partition coefficient (Wildman–Crippen LogP) is 8.85. The number of nitrogens with one attached hydrogen (secondary N) is 3. The van der Waals surface area contributed by atoms with Gasteiger partial charge in [0.2, 0.25) is 11.8 Å². The Bertz CT molecular complexity index is 2350. The molecule has 3 N–H and O–H groups in total. The Hall–Kier alpha value is -5.72. The molecule has 4 saturated carbocycles. The molecule has 0 heterocycles. The van der Waals surface area contributed by atoms with E-state index < -0.39 is 29.1 Å². The van der Waals surface area contributed by atoms with E-state index >= 15 is 0 Å². The van der Waals surface area contributed by atoms with Crippen LogP contribution in [0.15, 0.2) is 78.9 Å². The van der Waals surface area contributed by atoms with E-state index in [1.165, 1.54) is 13.8 Å². The molecular formula is C57H73N3O10. The minimum Gasteiger partial charge on any atom is -0.466 e. The third-order valence-corrected chi connectivity index (χ3v) is 16.8. The minimum atomic E-state index is -0.902. The van der Waals surface area contributed by atoms with Gasteiger partial charge in [-0.1, -0.05) is 85.8 Å². The molecule has 3 amide bonds. The molecule has 70 heavy (non-hydrogen) atoms. The van der Waals surface area contributed by atoms with Gasteiger partial charge in [0.05, 0.1) is 12.0 Å². The maximum absolute atomic E-state index is 14.9. The van der Waals surface area contributed by atoms with Gasteiger partial charge in [-0.05, 0) is 154 Å². The van der Waals surface area contributed by atoms with Gasteiger partial charge in [-0.25, -0.2) is 4.79 Å². The third kappa shape index (κ3) is 10.8. The molecule has 0 saturated heterocycles. The molecule has 10 atom stereocenters. The standard InChI is InChI=1S/C57H73N3O10/c1-35(33-67-36(2)61)47-22-23-48-45-21-20-39-31-40(69-37(3)62)24-27-57(39,53(65)59-32-51(63)70-55(4,5)6)49(45)25-26-56(47,48)28-29-58-52(64)50(30-38-14-8-7-9-15-38)60-54(66)68-34-46-43-18-12-10-16-41(43)42-17-11-13-19-44(42)46/h7-19,35,39-40,45-50H,20-34H2,1-6H3,(H,58,64)(H,59,65)(H,60,66)/t35-,39-,40-,45-,47+,48-,49-,50-,56-,57+/m0/s1. The number of ether oxygens (including phenoxy) is 4. The van der Waals surface area contributed by atoms with Gasteiger partial charge in [-0.3, -0.25) is 24.0 Å². The Morgan fingerprint density at radius 1 is 0.743 bits per heavy atom. The second kappa shape index (κ2) is 21.3. The molecule has 0 aliphatic heterocycles. The highest BCUT2D eigenvalue weighted by molar-refractivity contribution is 5.88. The van der Waals surface area contributed by atoms with E-state index in [0.29, 0.717) is 38.8 Å². The fourth-order valence-electron chi connectivity index (χ4n) is 14.3. The van der Waals surface area contributed by atoms with Gasteiger partial charge in [0.15, 0.2) is 0 Å². The first-order valence-electron chi connectivity index (χ1n) is 25.7. The van der Waals surface area contributed by atoms with E-state index in [2.05, 4.69) is 47.1 Å². The molecule has 0 aromatic heterocycles. The number of amides is 3. The molecule has 5 aliphatic rings. The van der Waals surface area contributed by atoms with Crippen LogP contribution in [0, 0.1) is 46.3 Å². The first-order chi connectivity index (χ1) is 33.5. The highest BCUT2D eigenvalue weighted by Gasteiger charge is 2.65. The largest absolute Gasteiger partial charge is 0.466 e. The average Bonchev–Trinajstić information content (AvgIpc) is 3.87. The van der Waals surface area contributed by atoms with Crippen LogP contribution in [-0.2, 0) is 49.3 Å². The number of hydrogen-bond donors (Lipinski definition) is 3. The zero-order chi connectivity index (χ0) is 49.8. The number of carbonyl (C=O) groups is 6. The zero-order valence-electron chi connectivity index (χ0n) is 41.9. The van der Waals surface area contributed by atoms with E-state index in [-0.39, 0.29) is 96.3 Å². The smallest absolute Gasteiger partial charge is 0.407 e. The number of carbonyl (C=O) groups excluding carboxylic acids is 6. The topological polar surface area (TPSA) is 175 Å². The van der Waals surface area contributed by atoms with Gasteiger partial charge in [-0.15, -0.1) is 0 Å². The van der Waals surface area contributed by atoms with Crippen molar-refractivity contribution in [3.8, 4) is 11.1 Å². The molecule has 376 valence electrons. The van der Waals surface area contributed by atoms with Gasteiger partial charge in [0, 0.05) is 32.7 Å². The normalized spacial score (nSPS) is 27.4. The summed E-state index contributed by atoms with van der Waals surface area (Å²) >= 11 is 0. The van der Waals surface area contributed by atoms with E-state index in [1.807, 2.05) is 54.6 Å². The van der Waals surface area contributed by atoms with Crippen LogP contribution in [0.1, 0.15) is 128 Å². The lowest BCUT2D eigenvalue weighted by molar-refractivity contribution is -0.177. The van der Waals surface area contributed by atoms with Gasteiger partial charge >= 0.3 is 24.0 Å². The van der Waals surface area contributed by atoms with Crippen LogP contribution < -0.4 is 16.0 Å². The molecule has 0 unspecified atom stereocenters. The lowest BCUT2D eigenvalue weighted by Crippen LogP contribution is -2.62. The number of hydrogen-bond acceptors (Lipinski definition) is 10. The lowest BCUT2D eigenvalue weighted by atomic mass is 9.43. The Labute approximate surface area is 413 Å². The van der Waals surface area contributed by atoms with Crippen molar-refractivity contribution in [2.75, 3.05) is 26.3 Å². The van der Waals surface area contributed by atoms with Crippen LogP contribution in [0.4, 0.5) is 4.79 Å². The van der Waals surface area contributed by atoms with Crippen molar-refractivity contribution >= 4 is 35.8 Å². The maximum atomic E-state index is 14.9. The van der Waals surface area contributed by atoms with E-state index in [4.69, 9.17) is 18.9 Å². The summed E-state index contributed by atoms with van der Waals surface area (Å²) < 4.78 is 22.9. The number of rotatable bonds is 16. The monoisotopic (exact) mass is 960 g/mol. The van der Waals surface area contributed by atoms with Crippen molar-refractivity contribution in [1.29, 1.82) is 0 Å². The van der Waals surface area contributed by atoms with Crippen LogP contribution in [-0.4, -0.2) is 79.9 Å².